The van der Waals surface area contributed by atoms with Crippen LogP contribution in [0.2, 0.25) is 0 Å². The zero-order chi connectivity index (χ0) is 13.4. The normalized spacial score (nSPS) is 15.1. The molecule has 1 amide bonds. The Morgan fingerprint density at radius 3 is 2.84 bits per heavy atom. The molecule has 1 aliphatic heterocycles. The van der Waals surface area contributed by atoms with Crippen molar-refractivity contribution in [3.05, 3.63) is 35.5 Å². The molecule has 0 unspecified atom stereocenters. The minimum Gasteiger partial charge on any atom is -0.339 e. The smallest absolute Gasteiger partial charge is 0.270 e. The van der Waals surface area contributed by atoms with Gasteiger partial charge in [0, 0.05) is 31.0 Å². The predicted octanol–water partition coefficient (Wildman–Crippen LogP) is 2.98. The number of amides is 1. The van der Waals surface area contributed by atoms with Crippen molar-refractivity contribution < 1.29 is 4.79 Å². The molecule has 0 saturated carbocycles. The molecule has 3 nitrogen and oxygen atoms in total. The van der Waals surface area contributed by atoms with Crippen molar-refractivity contribution in [2.75, 3.05) is 13.1 Å². The highest BCUT2D eigenvalue weighted by Gasteiger charge is 2.29. The molecule has 3 heteroatoms. The quantitative estimate of drug-likeness (QED) is 0.828. The molecular formula is C16H20N2O. The van der Waals surface area contributed by atoms with Gasteiger partial charge in [0.1, 0.15) is 5.69 Å². The van der Waals surface area contributed by atoms with Crippen LogP contribution in [0.15, 0.2) is 24.3 Å². The highest BCUT2D eigenvalue weighted by atomic mass is 16.2. The predicted molar refractivity (Wildman–Crippen MR) is 77.4 cm³/mol. The second kappa shape index (κ2) is 4.72. The fraction of sp³-hybridized carbons (Fsp3) is 0.438. The van der Waals surface area contributed by atoms with Gasteiger partial charge >= 0.3 is 0 Å². The Morgan fingerprint density at radius 2 is 2.05 bits per heavy atom. The van der Waals surface area contributed by atoms with Crippen molar-refractivity contribution in [3.63, 3.8) is 0 Å². The van der Waals surface area contributed by atoms with Crippen LogP contribution in [0.5, 0.6) is 0 Å². The van der Waals surface area contributed by atoms with E-state index in [0.717, 1.165) is 43.6 Å². The molecule has 0 atom stereocenters. The van der Waals surface area contributed by atoms with E-state index >= 15 is 0 Å². The average Bonchev–Trinajstić information content (AvgIpc) is 2.73. The van der Waals surface area contributed by atoms with E-state index in [1.54, 1.807) is 0 Å². The van der Waals surface area contributed by atoms with Crippen LogP contribution in [0.3, 0.4) is 0 Å². The van der Waals surface area contributed by atoms with Gasteiger partial charge in [-0.25, -0.2) is 0 Å². The first-order valence-electron chi connectivity index (χ1n) is 7.09. The number of aryl methyl sites for hydroxylation is 1. The Bertz CT molecular complexity index is 627. The van der Waals surface area contributed by atoms with Crippen molar-refractivity contribution in [1.82, 2.24) is 9.47 Å². The zero-order valence-electron chi connectivity index (χ0n) is 11.6. The van der Waals surface area contributed by atoms with E-state index in [9.17, 15) is 4.79 Å². The molecule has 2 heterocycles. The average molecular weight is 256 g/mol. The second-order valence-electron chi connectivity index (χ2n) is 5.30. The van der Waals surface area contributed by atoms with E-state index in [-0.39, 0.29) is 5.91 Å². The Balaban J connectivity index is 2.06. The van der Waals surface area contributed by atoms with Gasteiger partial charge in [0.2, 0.25) is 0 Å². The van der Waals surface area contributed by atoms with Crippen molar-refractivity contribution >= 4 is 16.8 Å². The Kier molecular flexibility index (Phi) is 3.05. The lowest BCUT2D eigenvalue weighted by Crippen LogP contribution is -2.39. The molecule has 0 bridgehead atoms. The summed E-state index contributed by atoms with van der Waals surface area (Å²) in [6, 6.07) is 8.31. The lowest BCUT2D eigenvalue weighted by atomic mass is 10.0. The molecule has 0 aliphatic carbocycles. The SMILES string of the molecule is CCCCN1CCc2c(n(C)c3ccccc23)C1=O. The van der Waals surface area contributed by atoms with E-state index < -0.39 is 0 Å². The van der Waals surface area contributed by atoms with E-state index in [2.05, 4.69) is 29.7 Å². The number of unbranched alkanes of at least 4 members (excludes halogenated alkanes) is 1. The van der Waals surface area contributed by atoms with Crippen LogP contribution in [0.1, 0.15) is 35.8 Å². The van der Waals surface area contributed by atoms with Crippen molar-refractivity contribution in [3.8, 4) is 0 Å². The van der Waals surface area contributed by atoms with E-state index in [4.69, 9.17) is 0 Å². The van der Waals surface area contributed by atoms with Gasteiger partial charge < -0.3 is 9.47 Å². The first kappa shape index (κ1) is 12.3. The Hall–Kier alpha value is -1.77. The molecule has 0 spiro atoms. The van der Waals surface area contributed by atoms with E-state index in [1.807, 2.05) is 18.0 Å². The van der Waals surface area contributed by atoms with Gasteiger partial charge in [-0.2, -0.15) is 0 Å². The summed E-state index contributed by atoms with van der Waals surface area (Å²) in [5.74, 6) is 0.202. The lowest BCUT2D eigenvalue weighted by molar-refractivity contribution is 0.0728. The van der Waals surface area contributed by atoms with Crippen LogP contribution in [0.4, 0.5) is 0 Å². The number of carbonyl (C=O) groups excluding carboxylic acids is 1. The molecular weight excluding hydrogens is 236 g/mol. The summed E-state index contributed by atoms with van der Waals surface area (Å²) in [5, 5.41) is 1.24. The monoisotopic (exact) mass is 256 g/mol. The fourth-order valence-corrected chi connectivity index (χ4v) is 3.06. The second-order valence-corrected chi connectivity index (χ2v) is 5.30. The van der Waals surface area contributed by atoms with Gasteiger partial charge in [0.25, 0.3) is 5.91 Å². The van der Waals surface area contributed by atoms with Crippen molar-refractivity contribution in [1.29, 1.82) is 0 Å². The largest absolute Gasteiger partial charge is 0.339 e. The molecule has 2 aromatic rings. The zero-order valence-corrected chi connectivity index (χ0v) is 11.6. The molecule has 19 heavy (non-hydrogen) atoms. The molecule has 1 aromatic heterocycles. The molecule has 0 N–H and O–H groups in total. The minimum atomic E-state index is 0.202. The van der Waals surface area contributed by atoms with Crippen LogP contribution >= 0.6 is 0 Å². The number of carbonyl (C=O) groups is 1. The van der Waals surface area contributed by atoms with Gasteiger partial charge in [-0.05, 0) is 24.5 Å². The summed E-state index contributed by atoms with van der Waals surface area (Å²) in [6.45, 7) is 3.91. The topological polar surface area (TPSA) is 25.2 Å². The minimum absolute atomic E-state index is 0.202. The number of aromatic nitrogens is 1. The Morgan fingerprint density at radius 1 is 1.26 bits per heavy atom. The molecule has 0 fully saturated rings. The molecule has 100 valence electrons. The first-order chi connectivity index (χ1) is 9.24. The first-order valence-corrected chi connectivity index (χ1v) is 7.09. The summed E-state index contributed by atoms with van der Waals surface area (Å²) in [5.41, 5.74) is 3.29. The fourth-order valence-electron chi connectivity index (χ4n) is 3.06. The highest BCUT2D eigenvalue weighted by Crippen LogP contribution is 2.29. The van der Waals surface area contributed by atoms with Crippen molar-refractivity contribution in [2.24, 2.45) is 7.05 Å². The van der Waals surface area contributed by atoms with Gasteiger partial charge in [-0.1, -0.05) is 31.5 Å². The molecule has 3 rings (SSSR count). The van der Waals surface area contributed by atoms with Crippen molar-refractivity contribution in [2.45, 2.75) is 26.2 Å². The molecule has 1 aliphatic rings. The van der Waals surface area contributed by atoms with Gasteiger partial charge in [-0.3, -0.25) is 4.79 Å². The third-order valence-electron chi connectivity index (χ3n) is 4.11. The van der Waals surface area contributed by atoms with Gasteiger partial charge in [0.05, 0.1) is 0 Å². The maximum Gasteiger partial charge on any atom is 0.270 e. The number of nitrogens with zero attached hydrogens (tertiary/aromatic N) is 2. The molecule has 0 radical (unpaired) electrons. The molecule has 0 saturated heterocycles. The molecule has 1 aromatic carbocycles. The summed E-state index contributed by atoms with van der Waals surface area (Å²) in [4.78, 5) is 14.6. The van der Waals surface area contributed by atoms with Crippen LogP contribution < -0.4 is 0 Å². The number of hydrogen-bond acceptors (Lipinski definition) is 1. The third-order valence-corrected chi connectivity index (χ3v) is 4.11. The summed E-state index contributed by atoms with van der Waals surface area (Å²) >= 11 is 0. The number of hydrogen-bond donors (Lipinski definition) is 0. The van der Waals surface area contributed by atoms with Crippen LogP contribution in [0, 0.1) is 0 Å². The number of benzene rings is 1. The standard InChI is InChI=1S/C16H20N2O/c1-3-4-10-18-11-9-13-12-7-5-6-8-14(12)17(2)15(13)16(18)19/h5-8H,3-4,9-11H2,1-2H3. The van der Waals surface area contributed by atoms with Gasteiger partial charge in [0.15, 0.2) is 0 Å². The van der Waals surface area contributed by atoms with Crippen LogP contribution in [-0.2, 0) is 13.5 Å². The van der Waals surface area contributed by atoms with Crippen LogP contribution in [-0.4, -0.2) is 28.5 Å². The Labute approximate surface area is 113 Å². The van der Waals surface area contributed by atoms with E-state index in [1.165, 1.54) is 10.9 Å². The third kappa shape index (κ3) is 1.84. The maximum absolute atomic E-state index is 12.6. The lowest BCUT2D eigenvalue weighted by Gasteiger charge is -2.27. The number of rotatable bonds is 3. The van der Waals surface area contributed by atoms with Gasteiger partial charge in [-0.15, -0.1) is 0 Å². The maximum atomic E-state index is 12.6. The van der Waals surface area contributed by atoms with E-state index in [0.29, 0.717) is 0 Å². The number of fused-ring (bicyclic) bond motifs is 3. The highest BCUT2D eigenvalue weighted by molar-refractivity contribution is 6.02. The summed E-state index contributed by atoms with van der Waals surface area (Å²) in [6.07, 6.45) is 3.20. The van der Waals surface area contributed by atoms with Crippen LogP contribution in [0.25, 0.3) is 10.9 Å². The number of para-hydroxylation sites is 1. The summed E-state index contributed by atoms with van der Waals surface area (Å²) in [7, 11) is 2.00. The summed E-state index contributed by atoms with van der Waals surface area (Å²) < 4.78 is 2.06.